The van der Waals surface area contributed by atoms with E-state index in [1.165, 1.54) is 26.4 Å². The summed E-state index contributed by atoms with van der Waals surface area (Å²) in [6, 6.07) is 0.897. The number of carbonyl (C=O) groups excluding carboxylic acids is 2. The zero-order chi connectivity index (χ0) is 23.2. The molecule has 2 rings (SSSR count). The third-order valence-corrected chi connectivity index (χ3v) is 6.35. The van der Waals surface area contributed by atoms with Crippen molar-refractivity contribution in [3.63, 3.8) is 0 Å². The molecule has 1 N–H and O–H groups in total. The van der Waals surface area contributed by atoms with E-state index in [9.17, 15) is 14.4 Å². The molecule has 1 aromatic heterocycles. The minimum Gasteiger partial charge on any atom is -0.467 e. The van der Waals surface area contributed by atoms with Gasteiger partial charge in [0.25, 0.3) is 11.5 Å². The molecule has 0 spiro atoms. The number of esters is 1. The number of amides is 1. The third kappa shape index (κ3) is 6.20. The summed E-state index contributed by atoms with van der Waals surface area (Å²) in [5, 5.41) is 2.77. The molecular weight excluding hydrogens is 392 g/mol. The second-order valence-electron chi connectivity index (χ2n) is 9.85. The number of aryl methyl sites for hydroxylation is 1. The van der Waals surface area contributed by atoms with Gasteiger partial charge in [0.15, 0.2) is 0 Å². The Hall–Kier alpha value is -2.11. The summed E-state index contributed by atoms with van der Waals surface area (Å²) in [6.07, 6.45) is 8.44. The van der Waals surface area contributed by atoms with E-state index in [2.05, 4.69) is 19.2 Å². The van der Waals surface area contributed by atoms with Gasteiger partial charge < -0.3 is 14.6 Å². The highest BCUT2D eigenvalue weighted by Gasteiger charge is 2.34. The van der Waals surface area contributed by atoms with Crippen molar-refractivity contribution in [2.75, 3.05) is 7.11 Å². The summed E-state index contributed by atoms with van der Waals surface area (Å²) in [5.41, 5.74) is 1.41. The molecule has 6 nitrogen and oxygen atoms in total. The normalized spacial score (nSPS) is 16.1. The van der Waals surface area contributed by atoms with Crippen LogP contribution in [0.2, 0.25) is 0 Å². The molecular formula is C25H40N2O4. The molecule has 1 heterocycles. The largest absolute Gasteiger partial charge is 0.467 e. The number of ether oxygens (including phenoxy) is 1. The van der Waals surface area contributed by atoms with Crippen LogP contribution in [0.5, 0.6) is 0 Å². The summed E-state index contributed by atoms with van der Waals surface area (Å²) in [7, 11) is 1.30. The van der Waals surface area contributed by atoms with Crippen LogP contribution in [0.15, 0.2) is 10.9 Å². The fourth-order valence-electron chi connectivity index (χ4n) is 4.54. The first-order valence-corrected chi connectivity index (χ1v) is 11.8. The summed E-state index contributed by atoms with van der Waals surface area (Å²) in [5.74, 6) is -0.547. The van der Waals surface area contributed by atoms with Gasteiger partial charge in [-0.2, -0.15) is 0 Å². The Morgan fingerprint density at radius 1 is 1.19 bits per heavy atom. The monoisotopic (exact) mass is 432 g/mol. The molecule has 0 saturated heterocycles. The highest BCUT2D eigenvalue weighted by Crippen LogP contribution is 2.26. The first-order valence-electron chi connectivity index (χ1n) is 11.8. The number of methoxy groups -OCH3 is 1. The van der Waals surface area contributed by atoms with Crippen molar-refractivity contribution < 1.29 is 14.3 Å². The summed E-state index contributed by atoms with van der Waals surface area (Å²) >= 11 is 0. The number of hydrogen-bond donors (Lipinski definition) is 1. The van der Waals surface area contributed by atoms with Crippen LogP contribution in [0.25, 0.3) is 0 Å². The van der Waals surface area contributed by atoms with E-state index in [1.54, 1.807) is 6.07 Å². The zero-order valence-corrected chi connectivity index (χ0v) is 20.2. The van der Waals surface area contributed by atoms with E-state index in [1.807, 2.05) is 25.3 Å². The predicted octanol–water partition coefficient (Wildman–Crippen LogP) is 4.26. The Morgan fingerprint density at radius 2 is 1.84 bits per heavy atom. The van der Waals surface area contributed by atoms with E-state index < -0.39 is 23.3 Å². The molecule has 0 bridgehead atoms. The van der Waals surface area contributed by atoms with E-state index >= 15 is 0 Å². The lowest BCUT2D eigenvalue weighted by molar-refractivity contribution is -0.145. The maximum atomic E-state index is 13.5. The van der Waals surface area contributed by atoms with E-state index in [4.69, 9.17) is 4.74 Å². The minimum atomic E-state index is -0.836. The maximum Gasteiger partial charge on any atom is 0.328 e. The van der Waals surface area contributed by atoms with Gasteiger partial charge >= 0.3 is 5.97 Å². The number of nitrogens with zero attached hydrogens (tertiary/aromatic N) is 1. The lowest BCUT2D eigenvalue weighted by Crippen LogP contribution is -2.51. The van der Waals surface area contributed by atoms with Gasteiger partial charge in [-0.15, -0.1) is 0 Å². The Morgan fingerprint density at radius 3 is 2.35 bits per heavy atom. The molecule has 1 aromatic rings. The Kier molecular flexibility index (Phi) is 8.90. The van der Waals surface area contributed by atoms with Crippen LogP contribution in [-0.4, -0.2) is 29.6 Å². The van der Waals surface area contributed by atoms with Crippen molar-refractivity contribution in [1.29, 1.82) is 0 Å². The molecule has 0 unspecified atom stereocenters. The third-order valence-electron chi connectivity index (χ3n) is 6.35. The smallest absolute Gasteiger partial charge is 0.328 e. The van der Waals surface area contributed by atoms with Gasteiger partial charge in [0.2, 0.25) is 0 Å². The van der Waals surface area contributed by atoms with Gasteiger partial charge in [-0.25, -0.2) is 4.79 Å². The first kappa shape index (κ1) is 25.2. The number of pyridine rings is 1. The molecule has 1 saturated carbocycles. The Bertz CT molecular complexity index is 829. The molecule has 1 aliphatic carbocycles. The highest BCUT2D eigenvalue weighted by molar-refractivity contribution is 5.96. The fourth-order valence-corrected chi connectivity index (χ4v) is 4.54. The van der Waals surface area contributed by atoms with Crippen molar-refractivity contribution in [1.82, 2.24) is 9.88 Å². The van der Waals surface area contributed by atoms with E-state index in [0.717, 1.165) is 43.4 Å². The Labute approximate surface area is 186 Å². The van der Waals surface area contributed by atoms with Crippen LogP contribution >= 0.6 is 0 Å². The highest BCUT2D eigenvalue weighted by atomic mass is 16.5. The predicted molar refractivity (Wildman–Crippen MR) is 123 cm³/mol. The second-order valence-corrected chi connectivity index (χ2v) is 9.85. The van der Waals surface area contributed by atoms with E-state index in [-0.39, 0.29) is 11.1 Å². The molecule has 1 aliphatic rings. The number of carbonyl (C=O) groups is 2. The first-order chi connectivity index (χ1) is 14.6. The van der Waals surface area contributed by atoms with Gasteiger partial charge in [-0.1, -0.05) is 60.3 Å². The van der Waals surface area contributed by atoms with Crippen molar-refractivity contribution in [3.05, 3.63) is 33.2 Å². The van der Waals surface area contributed by atoms with Gasteiger partial charge in [0, 0.05) is 12.2 Å². The van der Waals surface area contributed by atoms with Gasteiger partial charge in [0.05, 0.1) is 7.11 Å². The molecule has 174 valence electrons. The van der Waals surface area contributed by atoms with Crippen LogP contribution in [0.3, 0.4) is 0 Å². The van der Waals surface area contributed by atoms with Crippen LogP contribution in [0.4, 0.5) is 0 Å². The standard InChI is InChI=1S/C25H40N2O4/c1-7-12-20-18(8-2)15-19(22(28)26-21(24(30)31-6)25(3,4)5)23(29)27(20)16-17-13-10-9-11-14-17/h15,17,21H,7-14,16H2,1-6H3,(H,26,28)/t21-/m1/s1. The van der Waals surface area contributed by atoms with Crippen LogP contribution in [0.1, 0.15) is 94.8 Å². The molecule has 0 aliphatic heterocycles. The number of nitrogens with one attached hydrogen (secondary N) is 1. The quantitative estimate of drug-likeness (QED) is 0.623. The van der Waals surface area contributed by atoms with Crippen molar-refractivity contribution in [2.24, 2.45) is 11.3 Å². The van der Waals surface area contributed by atoms with Gasteiger partial charge in [-0.3, -0.25) is 9.59 Å². The topological polar surface area (TPSA) is 77.4 Å². The lowest BCUT2D eigenvalue weighted by atomic mass is 9.86. The summed E-state index contributed by atoms with van der Waals surface area (Å²) in [6.45, 7) is 10.4. The fraction of sp³-hybridized carbons (Fsp3) is 0.720. The van der Waals surface area contributed by atoms with Crippen molar-refractivity contribution >= 4 is 11.9 Å². The van der Waals surface area contributed by atoms with E-state index in [0.29, 0.717) is 12.5 Å². The Balaban J connectivity index is 2.48. The SMILES string of the molecule is CCCc1c(CC)cc(C(=O)N[C@H](C(=O)OC)C(C)(C)C)c(=O)n1CC1CCCCC1. The molecule has 0 aromatic carbocycles. The second kappa shape index (κ2) is 11.0. The average Bonchev–Trinajstić information content (AvgIpc) is 2.74. The molecule has 31 heavy (non-hydrogen) atoms. The molecule has 1 atom stereocenters. The molecule has 1 amide bonds. The van der Waals surface area contributed by atoms with Gasteiger partial charge in [-0.05, 0) is 48.6 Å². The zero-order valence-electron chi connectivity index (χ0n) is 20.2. The number of hydrogen-bond acceptors (Lipinski definition) is 4. The van der Waals surface area contributed by atoms with Crippen LogP contribution in [-0.2, 0) is 28.9 Å². The molecule has 1 fully saturated rings. The van der Waals surface area contributed by atoms with Crippen LogP contribution < -0.4 is 10.9 Å². The average molecular weight is 433 g/mol. The summed E-state index contributed by atoms with van der Waals surface area (Å²) in [4.78, 5) is 39.0. The summed E-state index contributed by atoms with van der Waals surface area (Å²) < 4.78 is 6.75. The molecule has 6 heteroatoms. The lowest BCUT2D eigenvalue weighted by Gasteiger charge is -2.29. The van der Waals surface area contributed by atoms with Gasteiger partial charge in [0.1, 0.15) is 11.6 Å². The minimum absolute atomic E-state index is 0.116. The number of aromatic nitrogens is 1. The maximum absolute atomic E-state index is 13.5. The molecule has 0 radical (unpaired) electrons. The number of rotatable bonds is 8. The van der Waals surface area contributed by atoms with Crippen LogP contribution in [0, 0.1) is 11.3 Å². The van der Waals surface area contributed by atoms with Crippen molar-refractivity contribution in [3.8, 4) is 0 Å². The van der Waals surface area contributed by atoms with Crippen molar-refractivity contribution in [2.45, 2.75) is 98.6 Å².